The van der Waals surface area contributed by atoms with Crippen molar-refractivity contribution in [2.75, 3.05) is 0 Å². The zero-order valence-electron chi connectivity index (χ0n) is 9.05. The maximum Gasteiger partial charge on any atom is 0.233 e. The van der Waals surface area contributed by atoms with Crippen molar-refractivity contribution in [2.45, 2.75) is 56.8 Å². The molecule has 1 amide bonds. The molecule has 2 nitrogen and oxygen atoms in total. The highest BCUT2D eigenvalue weighted by atomic mass is 79.9. The second-order valence-electron chi connectivity index (χ2n) is 4.43. The lowest BCUT2D eigenvalue weighted by Gasteiger charge is -2.17. The molecule has 0 aliphatic heterocycles. The number of rotatable bonds is 2. The second kappa shape index (κ2) is 5.74. The Morgan fingerprint density at radius 1 is 1.36 bits per heavy atom. The van der Waals surface area contributed by atoms with E-state index < -0.39 is 0 Å². The van der Waals surface area contributed by atoms with Crippen molar-refractivity contribution in [3.05, 3.63) is 0 Å². The molecule has 1 saturated carbocycles. The topological polar surface area (TPSA) is 29.1 Å². The number of amides is 1. The molecule has 14 heavy (non-hydrogen) atoms. The van der Waals surface area contributed by atoms with Gasteiger partial charge >= 0.3 is 0 Å². The Kier molecular flexibility index (Phi) is 4.93. The lowest BCUT2D eigenvalue weighted by atomic mass is 10.0. The van der Waals surface area contributed by atoms with Crippen molar-refractivity contribution in [1.82, 2.24) is 5.32 Å². The summed E-state index contributed by atoms with van der Waals surface area (Å²) in [4.78, 5) is 11.4. The number of carbonyl (C=O) groups excluding carboxylic acids is 1. The summed E-state index contributed by atoms with van der Waals surface area (Å²) in [6, 6.07) is 0.410. The summed E-state index contributed by atoms with van der Waals surface area (Å²) in [5.74, 6) is 0.961. The van der Waals surface area contributed by atoms with Crippen molar-refractivity contribution < 1.29 is 4.79 Å². The number of halogens is 1. The van der Waals surface area contributed by atoms with E-state index in [1.807, 2.05) is 6.92 Å². The molecule has 3 atom stereocenters. The average Bonchev–Trinajstić information content (AvgIpc) is 2.31. The third kappa shape index (κ3) is 3.99. The highest BCUT2D eigenvalue weighted by Crippen LogP contribution is 2.22. The molecule has 82 valence electrons. The van der Waals surface area contributed by atoms with Gasteiger partial charge < -0.3 is 5.32 Å². The number of carbonyl (C=O) groups is 1. The fraction of sp³-hybridized carbons (Fsp3) is 0.909. The van der Waals surface area contributed by atoms with Crippen LogP contribution in [0, 0.1) is 5.92 Å². The van der Waals surface area contributed by atoms with Gasteiger partial charge in [-0.25, -0.2) is 0 Å². The molecule has 3 unspecified atom stereocenters. The van der Waals surface area contributed by atoms with Crippen LogP contribution in [0.4, 0.5) is 0 Å². The van der Waals surface area contributed by atoms with Gasteiger partial charge in [-0.15, -0.1) is 0 Å². The van der Waals surface area contributed by atoms with Crippen LogP contribution in [0.3, 0.4) is 0 Å². The minimum Gasteiger partial charge on any atom is -0.352 e. The van der Waals surface area contributed by atoms with E-state index in [1.54, 1.807) is 0 Å². The average molecular weight is 262 g/mol. The standard InChI is InChI=1S/C11H20BrNO/c1-8-4-3-5-10(7-6-8)13-11(14)9(2)12/h8-10H,3-7H2,1-2H3,(H,13,14). The molecule has 1 fully saturated rings. The van der Waals surface area contributed by atoms with Crippen molar-refractivity contribution >= 4 is 21.8 Å². The molecule has 0 aromatic heterocycles. The monoisotopic (exact) mass is 261 g/mol. The molecular weight excluding hydrogens is 242 g/mol. The first-order valence-corrected chi connectivity index (χ1v) is 6.45. The van der Waals surface area contributed by atoms with Crippen LogP contribution in [-0.4, -0.2) is 16.8 Å². The van der Waals surface area contributed by atoms with Gasteiger partial charge in [0.25, 0.3) is 0 Å². The van der Waals surface area contributed by atoms with E-state index in [4.69, 9.17) is 0 Å². The maximum atomic E-state index is 11.4. The largest absolute Gasteiger partial charge is 0.352 e. The van der Waals surface area contributed by atoms with Gasteiger partial charge in [0, 0.05) is 6.04 Å². The van der Waals surface area contributed by atoms with E-state index >= 15 is 0 Å². The van der Waals surface area contributed by atoms with Crippen LogP contribution in [0.25, 0.3) is 0 Å². The van der Waals surface area contributed by atoms with Crippen LogP contribution in [0.2, 0.25) is 0 Å². The summed E-state index contributed by atoms with van der Waals surface area (Å²) in [5, 5.41) is 3.09. The van der Waals surface area contributed by atoms with Crippen LogP contribution in [0.1, 0.15) is 46.0 Å². The summed E-state index contributed by atoms with van der Waals surface area (Å²) in [6.07, 6.45) is 6.11. The highest BCUT2D eigenvalue weighted by molar-refractivity contribution is 9.10. The molecule has 1 N–H and O–H groups in total. The second-order valence-corrected chi connectivity index (χ2v) is 5.81. The number of nitrogens with one attached hydrogen (secondary N) is 1. The van der Waals surface area contributed by atoms with Gasteiger partial charge in [0.15, 0.2) is 0 Å². The Bertz CT molecular complexity index is 194. The first-order chi connectivity index (χ1) is 6.59. The predicted molar refractivity (Wildman–Crippen MR) is 62.6 cm³/mol. The first-order valence-electron chi connectivity index (χ1n) is 5.54. The molecule has 1 aliphatic rings. The SMILES string of the molecule is CC1CCCC(NC(=O)C(C)Br)CC1. The van der Waals surface area contributed by atoms with Crippen LogP contribution >= 0.6 is 15.9 Å². The summed E-state index contributed by atoms with van der Waals surface area (Å²) >= 11 is 3.29. The zero-order chi connectivity index (χ0) is 10.6. The van der Waals surface area contributed by atoms with Crippen molar-refractivity contribution in [2.24, 2.45) is 5.92 Å². The molecule has 0 spiro atoms. The summed E-state index contributed by atoms with van der Waals surface area (Å²) in [7, 11) is 0. The van der Waals surface area contributed by atoms with Crippen LogP contribution in [-0.2, 0) is 4.79 Å². The smallest absolute Gasteiger partial charge is 0.233 e. The molecule has 3 heteroatoms. The number of hydrogen-bond acceptors (Lipinski definition) is 1. The van der Waals surface area contributed by atoms with Crippen molar-refractivity contribution in [3.8, 4) is 0 Å². The Hall–Kier alpha value is -0.0500. The third-order valence-corrected chi connectivity index (χ3v) is 3.38. The molecule has 0 aromatic carbocycles. The van der Waals surface area contributed by atoms with Crippen molar-refractivity contribution in [1.29, 1.82) is 0 Å². The summed E-state index contributed by atoms with van der Waals surface area (Å²) in [5.41, 5.74) is 0. The van der Waals surface area contributed by atoms with E-state index in [9.17, 15) is 4.79 Å². The van der Waals surface area contributed by atoms with Gasteiger partial charge in [-0.2, -0.15) is 0 Å². The Morgan fingerprint density at radius 2 is 2.07 bits per heavy atom. The molecule has 0 bridgehead atoms. The van der Waals surface area contributed by atoms with E-state index in [1.165, 1.54) is 19.3 Å². The third-order valence-electron chi connectivity index (χ3n) is 2.97. The molecule has 0 heterocycles. The zero-order valence-corrected chi connectivity index (χ0v) is 10.6. The minimum absolute atomic E-state index is 0.0665. The fourth-order valence-corrected chi connectivity index (χ4v) is 2.08. The maximum absolute atomic E-state index is 11.4. The molecule has 1 aliphatic carbocycles. The van der Waals surface area contributed by atoms with Gasteiger partial charge in [-0.3, -0.25) is 4.79 Å². The van der Waals surface area contributed by atoms with Gasteiger partial charge in [-0.1, -0.05) is 35.7 Å². The van der Waals surface area contributed by atoms with E-state index in [0.717, 1.165) is 18.8 Å². The van der Waals surface area contributed by atoms with Crippen LogP contribution in [0.5, 0.6) is 0 Å². The van der Waals surface area contributed by atoms with Gasteiger partial charge in [-0.05, 0) is 32.1 Å². The molecule has 1 rings (SSSR count). The van der Waals surface area contributed by atoms with Gasteiger partial charge in [0.05, 0.1) is 4.83 Å². The molecule has 0 radical (unpaired) electrons. The van der Waals surface area contributed by atoms with Gasteiger partial charge in [0.2, 0.25) is 5.91 Å². The first kappa shape index (κ1) is 12.0. The van der Waals surface area contributed by atoms with E-state index in [0.29, 0.717) is 6.04 Å². The van der Waals surface area contributed by atoms with E-state index in [2.05, 4.69) is 28.2 Å². The van der Waals surface area contributed by atoms with Crippen LogP contribution < -0.4 is 5.32 Å². The predicted octanol–water partition coefficient (Wildman–Crippen LogP) is 2.85. The Labute approximate surface area is 95.0 Å². The summed E-state index contributed by atoms with van der Waals surface area (Å²) < 4.78 is 0. The Morgan fingerprint density at radius 3 is 2.71 bits per heavy atom. The lowest BCUT2D eigenvalue weighted by molar-refractivity contribution is -0.120. The number of alkyl halides is 1. The lowest BCUT2D eigenvalue weighted by Crippen LogP contribution is -2.38. The van der Waals surface area contributed by atoms with Crippen molar-refractivity contribution in [3.63, 3.8) is 0 Å². The number of hydrogen-bond donors (Lipinski definition) is 1. The fourth-order valence-electron chi connectivity index (χ4n) is 1.95. The van der Waals surface area contributed by atoms with Crippen LogP contribution in [0.15, 0.2) is 0 Å². The molecular formula is C11H20BrNO. The van der Waals surface area contributed by atoms with E-state index in [-0.39, 0.29) is 10.7 Å². The normalized spacial score (nSPS) is 30.5. The minimum atomic E-state index is -0.0665. The molecule has 0 aromatic rings. The highest BCUT2D eigenvalue weighted by Gasteiger charge is 2.19. The van der Waals surface area contributed by atoms with Gasteiger partial charge in [0.1, 0.15) is 0 Å². The Balaban J connectivity index is 2.33. The molecule has 0 saturated heterocycles. The quantitative estimate of drug-likeness (QED) is 0.601. The summed E-state index contributed by atoms with van der Waals surface area (Å²) in [6.45, 7) is 4.17.